The second kappa shape index (κ2) is 5.48. The molecular formula is C20H19NO3. The molecule has 0 unspecified atom stereocenters. The Bertz CT molecular complexity index is 776. The van der Waals surface area contributed by atoms with E-state index in [1.807, 2.05) is 54.6 Å². The number of carbonyl (C=O) groups is 2. The van der Waals surface area contributed by atoms with Gasteiger partial charge in [0.25, 0.3) is 0 Å². The largest absolute Gasteiger partial charge is 0.497 e. The Balaban J connectivity index is 1.61. The van der Waals surface area contributed by atoms with Crippen molar-refractivity contribution < 1.29 is 14.3 Å². The van der Waals surface area contributed by atoms with Crippen molar-refractivity contribution in [2.24, 2.45) is 5.92 Å². The maximum absolute atomic E-state index is 13.1. The van der Waals surface area contributed by atoms with Gasteiger partial charge in [0.1, 0.15) is 5.75 Å². The molecular weight excluding hydrogens is 302 g/mol. The van der Waals surface area contributed by atoms with Crippen LogP contribution in [0.15, 0.2) is 54.6 Å². The molecule has 0 N–H and O–H groups in total. The summed E-state index contributed by atoms with van der Waals surface area (Å²) in [6.45, 7) is 0.326. The fourth-order valence-corrected chi connectivity index (χ4v) is 3.89. The van der Waals surface area contributed by atoms with Gasteiger partial charge in [0, 0.05) is 5.92 Å². The maximum Gasteiger partial charge on any atom is 0.240 e. The van der Waals surface area contributed by atoms with Gasteiger partial charge in [0.2, 0.25) is 11.8 Å². The predicted octanol–water partition coefficient (Wildman–Crippen LogP) is 2.91. The van der Waals surface area contributed by atoms with E-state index in [4.69, 9.17) is 4.74 Å². The molecule has 2 bridgehead atoms. The number of hydrogen-bond donors (Lipinski definition) is 0. The minimum Gasteiger partial charge on any atom is -0.497 e. The highest BCUT2D eigenvalue weighted by Gasteiger charge is 2.61. The summed E-state index contributed by atoms with van der Waals surface area (Å²) in [5, 5.41) is 0. The van der Waals surface area contributed by atoms with Crippen molar-refractivity contribution >= 4 is 11.8 Å². The number of piperidine rings is 2. The lowest BCUT2D eigenvalue weighted by atomic mass is 9.55. The molecule has 0 atom stereocenters. The Morgan fingerprint density at radius 3 is 2.33 bits per heavy atom. The van der Waals surface area contributed by atoms with E-state index in [0.29, 0.717) is 19.4 Å². The molecule has 0 radical (unpaired) electrons. The van der Waals surface area contributed by atoms with Gasteiger partial charge in [-0.15, -0.1) is 0 Å². The molecule has 5 rings (SSSR count). The number of methoxy groups -OCH3 is 1. The number of carbonyl (C=O) groups excluding carboxylic acids is 2. The van der Waals surface area contributed by atoms with Crippen LogP contribution in [0, 0.1) is 5.92 Å². The first-order valence-electron chi connectivity index (χ1n) is 8.18. The number of hydrogen-bond acceptors (Lipinski definition) is 3. The van der Waals surface area contributed by atoms with Crippen molar-refractivity contribution in [3.05, 3.63) is 65.7 Å². The number of amides is 2. The van der Waals surface area contributed by atoms with Gasteiger partial charge in [0.15, 0.2) is 0 Å². The highest BCUT2D eigenvalue weighted by molar-refractivity contribution is 6.07. The third-order valence-electron chi connectivity index (χ3n) is 5.29. The molecule has 2 aromatic carbocycles. The first-order chi connectivity index (χ1) is 11.6. The van der Waals surface area contributed by atoms with Crippen LogP contribution in [-0.2, 0) is 21.5 Å². The van der Waals surface area contributed by atoms with Crippen LogP contribution in [0.25, 0.3) is 0 Å². The van der Waals surface area contributed by atoms with Gasteiger partial charge in [-0.1, -0.05) is 42.5 Å². The zero-order valence-electron chi connectivity index (χ0n) is 13.6. The summed E-state index contributed by atoms with van der Waals surface area (Å²) in [6, 6.07) is 17.3. The summed E-state index contributed by atoms with van der Waals surface area (Å²) < 4.78 is 5.15. The summed E-state index contributed by atoms with van der Waals surface area (Å²) in [7, 11) is 1.61. The molecule has 122 valence electrons. The Morgan fingerprint density at radius 1 is 1.04 bits per heavy atom. The normalized spacial score (nSPS) is 25.4. The molecule has 2 aromatic rings. The van der Waals surface area contributed by atoms with E-state index in [1.165, 1.54) is 4.90 Å². The standard InChI is InChI=1S/C20H19NO3/c1-24-17-9-7-14(8-10-17)13-21-18(22)15-11-20(12-15,19(21)23)16-5-3-2-4-6-16/h2-10,15H,11-13H2,1H3. The first kappa shape index (κ1) is 14.9. The van der Waals surface area contributed by atoms with E-state index in [2.05, 4.69) is 0 Å². The lowest BCUT2D eigenvalue weighted by Crippen LogP contribution is -2.65. The minimum atomic E-state index is -0.508. The fourth-order valence-electron chi connectivity index (χ4n) is 3.89. The van der Waals surface area contributed by atoms with Crippen molar-refractivity contribution in [1.29, 1.82) is 0 Å². The lowest BCUT2D eigenvalue weighted by Gasteiger charge is -2.53. The Hall–Kier alpha value is -2.62. The van der Waals surface area contributed by atoms with Crippen LogP contribution < -0.4 is 4.74 Å². The van der Waals surface area contributed by atoms with Crippen molar-refractivity contribution in [2.45, 2.75) is 24.8 Å². The van der Waals surface area contributed by atoms with Gasteiger partial charge in [0.05, 0.1) is 19.1 Å². The van der Waals surface area contributed by atoms with E-state index in [9.17, 15) is 9.59 Å². The molecule has 4 heteroatoms. The van der Waals surface area contributed by atoms with E-state index in [0.717, 1.165) is 16.9 Å². The van der Waals surface area contributed by atoms with Crippen LogP contribution in [0.2, 0.25) is 0 Å². The zero-order chi connectivity index (χ0) is 16.7. The topological polar surface area (TPSA) is 46.6 Å². The van der Waals surface area contributed by atoms with Crippen molar-refractivity contribution in [2.75, 3.05) is 7.11 Å². The fraction of sp³-hybridized carbons (Fsp3) is 0.300. The molecule has 1 aliphatic carbocycles. The van der Waals surface area contributed by atoms with Crippen LogP contribution in [-0.4, -0.2) is 23.8 Å². The van der Waals surface area contributed by atoms with E-state index >= 15 is 0 Å². The van der Waals surface area contributed by atoms with Crippen LogP contribution in [0.4, 0.5) is 0 Å². The van der Waals surface area contributed by atoms with Gasteiger partial charge in [-0.2, -0.15) is 0 Å². The van der Waals surface area contributed by atoms with Crippen LogP contribution in [0.1, 0.15) is 24.0 Å². The molecule has 2 aliphatic heterocycles. The maximum atomic E-state index is 13.1. The van der Waals surface area contributed by atoms with Crippen molar-refractivity contribution in [1.82, 2.24) is 4.90 Å². The monoisotopic (exact) mass is 321 g/mol. The number of benzene rings is 2. The Morgan fingerprint density at radius 2 is 1.71 bits per heavy atom. The van der Waals surface area contributed by atoms with E-state index < -0.39 is 5.41 Å². The third-order valence-corrected chi connectivity index (χ3v) is 5.29. The molecule has 24 heavy (non-hydrogen) atoms. The van der Waals surface area contributed by atoms with Crippen LogP contribution in [0.5, 0.6) is 5.75 Å². The predicted molar refractivity (Wildman–Crippen MR) is 89.4 cm³/mol. The molecule has 2 heterocycles. The summed E-state index contributed by atoms with van der Waals surface area (Å²) in [4.78, 5) is 27.1. The second-order valence-corrected chi connectivity index (χ2v) is 6.63. The highest BCUT2D eigenvalue weighted by atomic mass is 16.5. The van der Waals surface area contributed by atoms with Crippen molar-refractivity contribution in [3.8, 4) is 5.75 Å². The molecule has 2 amide bonds. The van der Waals surface area contributed by atoms with Crippen molar-refractivity contribution in [3.63, 3.8) is 0 Å². The molecule has 2 saturated heterocycles. The average molecular weight is 321 g/mol. The number of fused-ring (bicyclic) bond motifs is 2. The second-order valence-electron chi connectivity index (χ2n) is 6.63. The summed E-state index contributed by atoms with van der Waals surface area (Å²) in [5.41, 5.74) is 1.45. The summed E-state index contributed by atoms with van der Waals surface area (Å²) in [6.07, 6.45) is 1.29. The van der Waals surface area contributed by atoms with E-state index in [1.54, 1.807) is 7.11 Å². The van der Waals surface area contributed by atoms with Gasteiger partial charge in [-0.25, -0.2) is 0 Å². The zero-order valence-corrected chi connectivity index (χ0v) is 13.6. The highest BCUT2D eigenvalue weighted by Crippen LogP contribution is 2.53. The molecule has 3 fully saturated rings. The number of imide groups is 1. The van der Waals surface area contributed by atoms with Crippen LogP contribution in [0.3, 0.4) is 0 Å². The quantitative estimate of drug-likeness (QED) is 0.814. The molecule has 1 saturated carbocycles. The molecule has 0 spiro atoms. The van der Waals surface area contributed by atoms with E-state index in [-0.39, 0.29) is 17.7 Å². The number of rotatable bonds is 4. The average Bonchev–Trinajstić information content (AvgIpc) is 2.59. The molecule has 0 aromatic heterocycles. The minimum absolute atomic E-state index is 0.0267. The Kier molecular flexibility index (Phi) is 3.41. The summed E-state index contributed by atoms with van der Waals surface area (Å²) >= 11 is 0. The third kappa shape index (κ3) is 2.13. The smallest absolute Gasteiger partial charge is 0.240 e. The molecule has 3 aliphatic rings. The first-order valence-corrected chi connectivity index (χ1v) is 8.18. The summed E-state index contributed by atoms with van der Waals surface area (Å²) in [5.74, 6) is 0.644. The van der Waals surface area contributed by atoms with Gasteiger partial charge in [-0.05, 0) is 36.1 Å². The Labute approximate surface area is 141 Å². The SMILES string of the molecule is COc1ccc(CN2C(=O)C3CC(c4ccccc4)(C3)C2=O)cc1. The van der Waals surface area contributed by atoms with Gasteiger partial charge >= 0.3 is 0 Å². The van der Waals surface area contributed by atoms with Crippen LogP contribution >= 0.6 is 0 Å². The van der Waals surface area contributed by atoms with Gasteiger partial charge in [-0.3, -0.25) is 14.5 Å². The number of ether oxygens (including phenoxy) is 1. The molecule has 4 nitrogen and oxygen atoms in total. The lowest BCUT2D eigenvalue weighted by molar-refractivity contribution is -0.169. The van der Waals surface area contributed by atoms with Gasteiger partial charge < -0.3 is 4.74 Å². The number of nitrogens with zero attached hydrogens (tertiary/aromatic N) is 1.